The van der Waals surface area contributed by atoms with Gasteiger partial charge in [-0.1, -0.05) is 32.4 Å². The van der Waals surface area contributed by atoms with Gasteiger partial charge in [-0.3, -0.25) is 9.65 Å². The summed E-state index contributed by atoms with van der Waals surface area (Å²) in [5.41, 5.74) is 0.826. The van der Waals surface area contributed by atoms with E-state index >= 15 is 0 Å². The van der Waals surface area contributed by atoms with Crippen LogP contribution in [0.5, 0.6) is 5.75 Å². The normalized spacial score (nSPS) is 17.7. The van der Waals surface area contributed by atoms with Gasteiger partial charge in [0.2, 0.25) is 0 Å². The van der Waals surface area contributed by atoms with E-state index in [9.17, 15) is 0 Å². The van der Waals surface area contributed by atoms with E-state index in [2.05, 4.69) is 42.6 Å². The Morgan fingerprint density at radius 1 is 1.12 bits per heavy atom. The molecule has 2 aromatic rings. The van der Waals surface area contributed by atoms with Gasteiger partial charge in [0.15, 0.2) is 0 Å². The minimum Gasteiger partial charge on any atom is -0.494 e. The summed E-state index contributed by atoms with van der Waals surface area (Å²) in [6.45, 7) is 9.01. The molecule has 4 nitrogen and oxygen atoms in total. The summed E-state index contributed by atoms with van der Waals surface area (Å²) in [4.78, 5) is 4.23. The third kappa shape index (κ3) is 3.55. The minimum absolute atomic E-state index is 0.0357. The number of hydrogen-bond acceptors (Lipinski definition) is 3. The molecule has 1 saturated heterocycles. The van der Waals surface area contributed by atoms with Crippen LogP contribution >= 0.6 is 18.8 Å². The van der Waals surface area contributed by atoms with Gasteiger partial charge >= 0.3 is 0 Å². The summed E-state index contributed by atoms with van der Waals surface area (Å²) in [6, 6.07) is 9.90. The molecule has 26 heavy (non-hydrogen) atoms. The SMILES string of the molecule is COc1ccc(Cl)cc1N=[P@](c1ccncc1)(N1CCCC1)C(C)(C)C. The minimum atomic E-state index is -2.08. The number of nitrogens with zero attached hydrogens (tertiary/aromatic N) is 3. The first-order chi connectivity index (χ1) is 12.4. The maximum Gasteiger partial charge on any atom is 0.144 e. The molecule has 0 unspecified atom stereocenters. The second-order valence-electron chi connectivity index (χ2n) is 7.55. The van der Waals surface area contributed by atoms with Crippen LogP contribution in [-0.2, 0) is 0 Å². The van der Waals surface area contributed by atoms with Crippen LogP contribution in [0.3, 0.4) is 0 Å². The first kappa shape index (κ1) is 19.4. The van der Waals surface area contributed by atoms with E-state index in [0.29, 0.717) is 5.02 Å². The Morgan fingerprint density at radius 2 is 1.77 bits per heavy atom. The first-order valence-corrected chi connectivity index (χ1v) is 11.1. The van der Waals surface area contributed by atoms with Crippen molar-refractivity contribution in [2.45, 2.75) is 38.8 Å². The molecule has 1 aliphatic rings. The van der Waals surface area contributed by atoms with Crippen molar-refractivity contribution < 1.29 is 4.74 Å². The molecule has 1 aromatic heterocycles. The molecule has 0 radical (unpaired) electrons. The highest BCUT2D eigenvalue weighted by Gasteiger charge is 2.42. The molecule has 0 bridgehead atoms. The molecule has 3 rings (SSSR count). The molecule has 0 amide bonds. The number of methoxy groups -OCH3 is 1. The first-order valence-electron chi connectivity index (χ1n) is 9.00. The second-order valence-corrected chi connectivity index (χ2v) is 11.8. The number of benzene rings is 1. The molecule has 0 spiro atoms. The van der Waals surface area contributed by atoms with E-state index in [1.54, 1.807) is 7.11 Å². The largest absolute Gasteiger partial charge is 0.494 e. The Hall–Kier alpha value is -1.35. The summed E-state index contributed by atoms with van der Waals surface area (Å²) in [5.74, 6) is 0.760. The highest BCUT2D eigenvalue weighted by molar-refractivity contribution is 7.73. The van der Waals surface area contributed by atoms with Crippen molar-refractivity contribution in [1.29, 1.82) is 0 Å². The van der Waals surface area contributed by atoms with E-state index in [-0.39, 0.29) is 5.16 Å². The van der Waals surface area contributed by atoms with Crippen molar-refractivity contribution in [3.8, 4) is 5.75 Å². The molecule has 1 atom stereocenters. The quantitative estimate of drug-likeness (QED) is 0.626. The summed E-state index contributed by atoms with van der Waals surface area (Å²) >= 11 is 6.30. The van der Waals surface area contributed by atoms with Crippen molar-refractivity contribution in [1.82, 2.24) is 9.65 Å². The number of aromatic nitrogens is 1. The maximum atomic E-state index is 6.30. The molecule has 0 aliphatic carbocycles. The summed E-state index contributed by atoms with van der Waals surface area (Å²) < 4.78 is 13.6. The topological polar surface area (TPSA) is 37.7 Å². The summed E-state index contributed by atoms with van der Waals surface area (Å²) in [6.07, 6.45) is 6.17. The number of rotatable bonds is 4. The Morgan fingerprint density at radius 3 is 2.35 bits per heavy atom. The zero-order chi connectivity index (χ0) is 18.8. The van der Waals surface area contributed by atoms with Crippen LogP contribution in [0.4, 0.5) is 5.69 Å². The fraction of sp³-hybridized carbons (Fsp3) is 0.450. The Balaban J connectivity index is 2.35. The fourth-order valence-corrected chi connectivity index (χ4v) is 8.22. The predicted octanol–water partition coefficient (Wildman–Crippen LogP) is 5.71. The zero-order valence-corrected chi connectivity index (χ0v) is 17.6. The molecule has 140 valence electrons. The predicted molar refractivity (Wildman–Crippen MR) is 111 cm³/mol. The van der Waals surface area contributed by atoms with Gasteiger partial charge in [0.1, 0.15) is 11.4 Å². The highest BCUT2D eigenvalue weighted by Crippen LogP contribution is 2.65. The van der Waals surface area contributed by atoms with Gasteiger partial charge in [0.25, 0.3) is 0 Å². The van der Waals surface area contributed by atoms with Gasteiger partial charge in [-0.2, -0.15) is 0 Å². The van der Waals surface area contributed by atoms with E-state index in [1.165, 1.54) is 18.1 Å². The molecular weight excluding hydrogens is 365 g/mol. The molecule has 2 heterocycles. The van der Waals surface area contributed by atoms with E-state index in [4.69, 9.17) is 21.1 Å². The number of pyridine rings is 1. The lowest BCUT2D eigenvalue weighted by Gasteiger charge is -2.44. The lowest BCUT2D eigenvalue weighted by atomic mass is 10.3. The molecule has 1 aromatic carbocycles. The third-order valence-corrected chi connectivity index (χ3v) is 9.69. The molecule has 0 N–H and O–H groups in total. The number of hydrogen-bond donors (Lipinski definition) is 0. The molecular formula is C20H27ClN3OP. The van der Waals surface area contributed by atoms with Gasteiger partial charge in [-0.05, 0) is 43.2 Å². The van der Waals surface area contributed by atoms with Crippen molar-refractivity contribution in [3.05, 3.63) is 47.7 Å². The van der Waals surface area contributed by atoms with Crippen molar-refractivity contribution in [2.75, 3.05) is 20.2 Å². The van der Waals surface area contributed by atoms with Crippen LogP contribution in [0.15, 0.2) is 47.5 Å². The van der Waals surface area contributed by atoms with Crippen molar-refractivity contribution in [3.63, 3.8) is 0 Å². The lowest BCUT2D eigenvalue weighted by molar-refractivity contribution is 0.416. The van der Waals surface area contributed by atoms with Crippen molar-refractivity contribution >= 4 is 29.8 Å². The van der Waals surface area contributed by atoms with Crippen LogP contribution < -0.4 is 10.0 Å². The number of halogens is 1. The number of ether oxygens (including phenoxy) is 1. The Bertz CT molecular complexity index is 812. The van der Waals surface area contributed by atoms with Crippen LogP contribution in [0.2, 0.25) is 5.02 Å². The molecule has 6 heteroatoms. The molecule has 1 fully saturated rings. The lowest BCUT2D eigenvalue weighted by Crippen LogP contribution is -2.35. The van der Waals surface area contributed by atoms with Gasteiger partial charge in [0, 0.05) is 41.0 Å². The van der Waals surface area contributed by atoms with Crippen LogP contribution in [0.1, 0.15) is 33.6 Å². The fourth-order valence-electron chi connectivity index (χ4n) is 3.68. The van der Waals surface area contributed by atoms with E-state index in [0.717, 1.165) is 24.5 Å². The maximum absolute atomic E-state index is 6.30. The van der Waals surface area contributed by atoms with Gasteiger partial charge in [0.05, 0.1) is 14.3 Å². The smallest absolute Gasteiger partial charge is 0.144 e. The van der Waals surface area contributed by atoms with Crippen molar-refractivity contribution in [2.24, 2.45) is 4.74 Å². The summed E-state index contributed by atoms with van der Waals surface area (Å²) in [5, 5.41) is 1.89. The third-order valence-electron chi connectivity index (χ3n) is 4.84. The van der Waals surface area contributed by atoms with Gasteiger partial charge in [-0.15, -0.1) is 0 Å². The van der Waals surface area contributed by atoms with Gasteiger partial charge in [-0.25, -0.2) is 4.74 Å². The average Bonchev–Trinajstić information content (AvgIpc) is 3.14. The summed E-state index contributed by atoms with van der Waals surface area (Å²) in [7, 11) is -0.400. The molecule has 0 saturated carbocycles. The second kappa shape index (κ2) is 7.72. The van der Waals surface area contributed by atoms with E-state index in [1.807, 2.05) is 30.6 Å². The van der Waals surface area contributed by atoms with Gasteiger partial charge < -0.3 is 4.74 Å². The highest BCUT2D eigenvalue weighted by atomic mass is 35.5. The van der Waals surface area contributed by atoms with Crippen LogP contribution in [0.25, 0.3) is 0 Å². The zero-order valence-electron chi connectivity index (χ0n) is 15.9. The average molecular weight is 392 g/mol. The van der Waals surface area contributed by atoms with Crippen LogP contribution in [-0.4, -0.2) is 35.0 Å². The monoisotopic (exact) mass is 391 g/mol. The van der Waals surface area contributed by atoms with Crippen LogP contribution in [0, 0.1) is 0 Å². The van der Waals surface area contributed by atoms with E-state index < -0.39 is 7.21 Å². The molecule has 1 aliphatic heterocycles. The standard InChI is InChI=1S/C20H27ClN3OP/c1-20(2,3)26(24-13-5-6-14-24,17-9-11-22-12-10-17)23-18-15-16(21)7-8-19(18)25-4/h7-12,15H,5-6,13-14H2,1-4H3/t26-/m1/s1. The Kier molecular flexibility index (Phi) is 5.76. The Labute approximate surface area is 161 Å².